The molecule has 3 fully saturated rings. The van der Waals surface area contributed by atoms with Gasteiger partial charge in [0, 0.05) is 11.3 Å². The highest BCUT2D eigenvalue weighted by atomic mass is 19.1. The van der Waals surface area contributed by atoms with Crippen LogP contribution < -0.4 is 10.2 Å². The molecule has 5 nitrogen and oxygen atoms in total. The van der Waals surface area contributed by atoms with E-state index in [-0.39, 0.29) is 35.4 Å². The molecule has 142 valence electrons. The second-order valence-corrected chi connectivity index (χ2v) is 7.90. The SMILES string of the molecule is O=C(Nc1ccc(F)cc1)c1ccc(N2C(=O)[C@@H]3[C@@H]4CC[C@H](C4)[C@@H]3C2=O)cc1. The molecule has 2 saturated carbocycles. The fraction of sp³-hybridized carbons (Fsp3) is 0.318. The van der Waals surface area contributed by atoms with E-state index in [2.05, 4.69) is 5.32 Å². The standard InChI is InChI=1S/C22H19FN2O3/c23-15-5-7-16(8-6-15)24-20(26)12-3-9-17(10-4-12)25-21(27)18-13-1-2-14(11-13)19(18)22(25)28/h3-10,13-14,18-19H,1-2,11H2,(H,24,26)/t13-,14-,18-,19+/m1/s1. The van der Waals surface area contributed by atoms with Gasteiger partial charge < -0.3 is 5.32 Å². The summed E-state index contributed by atoms with van der Waals surface area (Å²) in [6.07, 6.45) is 3.09. The summed E-state index contributed by atoms with van der Waals surface area (Å²) in [5.74, 6) is -0.529. The molecule has 2 aromatic carbocycles. The summed E-state index contributed by atoms with van der Waals surface area (Å²) in [4.78, 5) is 39.4. The van der Waals surface area contributed by atoms with Gasteiger partial charge in [-0.3, -0.25) is 19.3 Å². The predicted molar refractivity (Wildman–Crippen MR) is 101 cm³/mol. The number of fused-ring (bicyclic) bond motifs is 5. The Morgan fingerprint density at radius 3 is 2.04 bits per heavy atom. The molecule has 2 aromatic rings. The number of imide groups is 1. The highest BCUT2D eigenvalue weighted by Gasteiger charge is 2.61. The molecule has 28 heavy (non-hydrogen) atoms. The maximum Gasteiger partial charge on any atom is 0.255 e. The first kappa shape index (κ1) is 17.1. The molecule has 3 amide bonds. The zero-order valence-corrected chi connectivity index (χ0v) is 15.1. The zero-order valence-electron chi connectivity index (χ0n) is 15.1. The fourth-order valence-corrected chi connectivity index (χ4v) is 5.16. The number of carbonyl (C=O) groups is 3. The van der Waals surface area contributed by atoms with E-state index >= 15 is 0 Å². The van der Waals surface area contributed by atoms with Crippen molar-refractivity contribution in [2.45, 2.75) is 19.3 Å². The normalized spacial score (nSPS) is 28.0. The third-order valence-corrected chi connectivity index (χ3v) is 6.42. The molecule has 0 unspecified atom stereocenters. The molecule has 0 spiro atoms. The number of halogens is 1. The van der Waals surface area contributed by atoms with Gasteiger partial charge in [-0.1, -0.05) is 0 Å². The maximum atomic E-state index is 13.0. The first-order valence-corrected chi connectivity index (χ1v) is 9.58. The number of benzene rings is 2. The van der Waals surface area contributed by atoms with Gasteiger partial charge in [0.25, 0.3) is 5.91 Å². The van der Waals surface area contributed by atoms with E-state index in [0.717, 1.165) is 19.3 Å². The molecule has 1 N–H and O–H groups in total. The molecule has 4 atom stereocenters. The topological polar surface area (TPSA) is 66.5 Å². The van der Waals surface area contributed by atoms with Crippen molar-refractivity contribution in [3.63, 3.8) is 0 Å². The first-order valence-electron chi connectivity index (χ1n) is 9.58. The molecule has 1 aliphatic heterocycles. The highest BCUT2D eigenvalue weighted by Crippen LogP contribution is 2.56. The molecular weight excluding hydrogens is 359 g/mol. The minimum Gasteiger partial charge on any atom is -0.322 e. The van der Waals surface area contributed by atoms with Gasteiger partial charge in [0.05, 0.1) is 17.5 Å². The lowest BCUT2D eigenvalue weighted by Gasteiger charge is -2.19. The average molecular weight is 378 g/mol. The van der Waals surface area contributed by atoms with Crippen LogP contribution in [0, 0.1) is 29.5 Å². The zero-order chi connectivity index (χ0) is 19.4. The third kappa shape index (κ3) is 2.55. The van der Waals surface area contributed by atoms with E-state index < -0.39 is 0 Å². The van der Waals surface area contributed by atoms with Gasteiger partial charge in [-0.05, 0) is 79.6 Å². The number of anilines is 2. The van der Waals surface area contributed by atoms with Gasteiger partial charge in [-0.2, -0.15) is 0 Å². The van der Waals surface area contributed by atoms with Crippen molar-refractivity contribution in [3.05, 3.63) is 59.9 Å². The van der Waals surface area contributed by atoms with Gasteiger partial charge in [0.15, 0.2) is 0 Å². The van der Waals surface area contributed by atoms with Crippen LogP contribution in [0.4, 0.5) is 15.8 Å². The van der Waals surface area contributed by atoms with E-state index in [4.69, 9.17) is 0 Å². The van der Waals surface area contributed by atoms with Crippen LogP contribution in [0.2, 0.25) is 0 Å². The van der Waals surface area contributed by atoms with Crippen molar-refractivity contribution in [1.29, 1.82) is 0 Å². The Bertz CT molecular complexity index is 942. The van der Waals surface area contributed by atoms with Crippen LogP contribution in [-0.2, 0) is 9.59 Å². The van der Waals surface area contributed by atoms with Gasteiger partial charge in [0.1, 0.15) is 5.82 Å². The Hall–Kier alpha value is -3.02. The van der Waals surface area contributed by atoms with Gasteiger partial charge in [0.2, 0.25) is 11.8 Å². The van der Waals surface area contributed by atoms with Crippen LogP contribution in [0.3, 0.4) is 0 Å². The molecule has 2 aliphatic carbocycles. The lowest BCUT2D eigenvalue weighted by Crippen LogP contribution is -2.32. The monoisotopic (exact) mass is 378 g/mol. The lowest BCUT2D eigenvalue weighted by molar-refractivity contribution is -0.123. The van der Waals surface area contributed by atoms with Crippen molar-refractivity contribution in [3.8, 4) is 0 Å². The smallest absolute Gasteiger partial charge is 0.255 e. The van der Waals surface area contributed by atoms with Crippen LogP contribution >= 0.6 is 0 Å². The largest absolute Gasteiger partial charge is 0.322 e. The van der Waals surface area contributed by atoms with Gasteiger partial charge in [-0.25, -0.2) is 4.39 Å². The Labute approximate surface area is 161 Å². The maximum absolute atomic E-state index is 13.0. The first-order chi connectivity index (χ1) is 13.5. The van der Waals surface area contributed by atoms with E-state index in [0.29, 0.717) is 28.8 Å². The number of hydrogen-bond acceptors (Lipinski definition) is 3. The Kier molecular flexibility index (Phi) is 3.82. The van der Waals surface area contributed by atoms with Crippen molar-refractivity contribution >= 4 is 29.1 Å². The quantitative estimate of drug-likeness (QED) is 0.830. The fourth-order valence-electron chi connectivity index (χ4n) is 5.16. The van der Waals surface area contributed by atoms with E-state index in [1.807, 2.05) is 0 Å². The predicted octanol–water partition coefficient (Wildman–Crippen LogP) is 3.61. The number of hydrogen-bond donors (Lipinski definition) is 1. The summed E-state index contributed by atoms with van der Waals surface area (Å²) in [6.45, 7) is 0. The van der Waals surface area contributed by atoms with E-state index in [1.54, 1.807) is 24.3 Å². The molecule has 2 bridgehead atoms. The van der Waals surface area contributed by atoms with Crippen LogP contribution in [0.25, 0.3) is 0 Å². The summed E-state index contributed by atoms with van der Waals surface area (Å²) < 4.78 is 13.0. The van der Waals surface area contributed by atoms with Crippen molar-refractivity contribution in [1.82, 2.24) is 0 Å². The van der Waals surface area contributed by atoms with Gasteiger partial charge in [-0.15, -0.1) is 0 Å². The summed E-state index contributed by atoms with van der Waals surface area (Å²) in [5.41, 5.74) is 1.40. The number of carbonyl (C=O) groups excluding carboxylic acids is 3. The van der Waals surface area contributed by atoms with E-state index in [9.17, 15) is 18.8 Å². The lowest BCUT2D eigenvalue weighted by atomic mass is 9.81. The number of nitrogens with one attached hydrogen (secondary N) is 1. The van der Waals surface area contributed by atoms with Crippen LogP contribution in [0.15, 0.2) is 48.5 Å². The molecule has 3 aliphatic rings. The van der Waals surface area contributed by atoms with E-state index in [1.165, 1.54) is 29.2 Å². The number of amides is 3. The summed E-state index contributed by atoms with van der Waals surface area (Å²) in [7, 11) is 0. The van der Waals surface area contributed by atoms with Crippen molar-refractivity contribution < 1.29 is 18.8 Å². The van der Waals surface area contributed by atoms with Crippen molar-refractivity contribution in [2.75, 3.05) is 10.2 Å². The Morgan fingerprint density at radius 1 is 0.893 bits per heavy atom. The molecule has 0 aromatic heterocycles. The molecule has 0 radical (unpaired) electrons. The molecule has 6 heteroatoms. The summed E-state index contributed by atoms with van der Waals surface area (Å²) >= 11 is 0. The molecular formula is C22H19FN2O3. The van der Waals surface area contributed by atoms with Crippen molar-refractivity contribution in [2.24, 2.45) is 23.7 Å². The summed E-state index contributed by atoms with van der Waals surface area (Å²) in [5, 5.41) is 2.69. The molecule has 1 saturated heterocycles. The summed E-state index contributed by atoms with van der Waals surface area (Å²) in [6, 6.07) is 12.0. The van der Waals surface area contributed by atoms with Crippen LogP contribution in [0.1, 0.15) is 29.6 Å². The van der Waals surface area contributed by atoms with Crippen LogP contribution in [-0.4, -0.2) is 17.7 Å². The Balaban J connectivity index is 1.34. The third-order valence-electron chi connectivity index (χ3n) is 6.42. The Morgan fingerprint density at radius 2 is 1.46 bits per heavy atom. The second kappa shape index (κ2) is 6.26. The molecule has 1 heterocycles. The van der Waals surface area contributed by atoms with Crippen LogP contribution in [0.5, 0.6) is 0 Å². The van der Waals surface area contributed by atoms with Gasteiger partial charge >= 0.3 is 0 Å². The average Bonchev–Trinajstić information content (AvgIpc) is 3.38. The highest BCUT2D eigenvalue weighted by molar-refractivity contribution is 6.22. The number of nitrogens with zero attached hydrogens (tertiary/aromatic N) is 1. The number of rotatable bonds is 3. The second-order valence-electron chi connectivity index (χ2n) is 7.90. The minimum absolute atomic E-state index is 0.0919. The molecule has 5 rings (SSSR count). The minimum atomic E-state index is -0.375.